The maximum Gasteiger partial charge on any atom is 0.266 e. The maximum atomic E-state index is 12.4. The van der Waals surface area contributed by atoms with Crippen molar-refractivity contribution in [2.24, 2.45) is 0 Å². The zero-order valence-corrected chi connectivity index (χ0v) is 8.61. The Kier molecular flexibility index (Phi) is 3.58. The predicted molar refractivity (Wildman–Crippen MR) is 47.8 cm³/mol. The first-order chi connectivity index (χ1) is 6.07. The Hall–Kier alpha value is -0.260. The van der Waals surface area contributed by atoms with E-state index in [1.807, 2.05) is 0 Å². The van der Waals surface area contributed by atoms with Crippen LogP contribution in [0.4, 0.5) is 8.78 Å². The number of rotatable bonds is 2. The minimum atomic E-state index is -2.69. The van der Waals surface area contributed by atoms with Crippen molar-refractivity contribution < 1.29 is 13.9 Å². The SMILES string of the molecule is OCc1ncc(Br)c(C(F)F)c1Cl. The molecule has 0 aliphatic rings. The van der Waals surface area contributed by atoms with E-state index in [1.54, 1.807) is 0 Å². The number of halogens is 4. The summed E-state index contributed by atoms with van der Waals surface area (Å²) in [5, 5.41) is 8.52. The second kappa shape index (κ2) is 4.30. The molecule has 72 valence electrons. The van der Waals surface area contributed by atoms with Gasteiger partial charge in [-0.15, -0.1) is 0 Å². The third kappa shape index (κ3) is 2.15. The average molecular weight is 272 g/mol. The van der Waals surface area contributed by atoms with Crippen molar-refractivity contribution in [3.8, 4) is 0 Å². The molecule has 0 unspecified atom stereocenters. The van der Waals surface area contributed by atoms with Crippen LogP contribution >= 0.6 is 27.5 Å². The molecule has 1 aromatic heterocycles. The summed E-state index contributed by atoms with van der Waals surface area (Å²) in [7, 11) is 0. The number of nitrogens with zero attached hydrogens (tertiary/aromatic N) is 1. The lowest BCUT2D eigenvalue weighted by atomic mass is 10.2. The van der Waals surface area contributed by atoms with Crippen LogP contribution in [-0.4, -0.2) is 10.1 Å². The number of aliphatic hydroxyl groups is 1. The Morgan fingerprint density at radius 1 is 1.62 bits per heavy atom. The highest BCUT2D eigenvalue weighted by Crippen LogP contribution is 2.34. The summed E-state index contributed by atoms with van der Waals surface area (Å²) in [6, 6.07) is 0. The summed E-state index contributed by atoms with van der Waals surface area (Å²) < 4.78 is 24.9. The first kappa shape index (κ1) is 10.8. The smallest absolute Gasteiger partial charge is 0.266 e. The Labute approximate surface area is 86.7 Å². The lowest BCUT2D eigenvalue weighted by Crippen LogP contribution is -1.97. The maximum absolute atomic E-state index is 12.4. The molecule has 1 aromatic rings. The second-order valence-electron chi connectivity index (χ2n) is 2.24. The highest BCUT2D eigenvalue weighted by molar-refractivity contribution is 9.10. The van der Waals surface area contributed by atoms with E-state index in [1.165, 1.54) is 6.20 Å². The van der Waals surface area contributed by atoms with Crippen LogP contribution in [0.15, 0.2) is 10.7 Å². The van der Waals surface area contributed by atoms with Crippen molar-refractivity contribution in [2.45, 2.75) is 13.0 Å². The molecule has 0 radical (unpaired) electrons. The highest BCUT2D eigenvalue weighted by Gasteiger charge is 2.19. The summed E-state index contributed by atoms with van der Waals surface area (Å²) in [6.07, 6.45) is -1.49. The summed E-state index contributed by atoms with van der Waals surface area (Å²) in [5.74, 6) is 0. The van der Waals surface area contributed by atoms with Crippen LogP contribution in [0.2, 0.25) is 5.02 Å². The van der Waals surface area contributed by atoms with Gasteiger partial charge in [0.25, 0.3) is 6.43 Å². The van der Waals surface area contributed by atoms with E-state index in [9.17, 15) is 8.78 Å². The van der Waals surface area contributed by atoms with Gasteiger partial charge in [-0.05, 0) is 15.9 Å². The van der Waals surface area contributed by atoms with Crippen LogP contribution < -0.4 is 0 Å². The summed E-state index contributed by atoms with van der Waals surface area (Å²) >= 11 is 8.48. The van der Waals surface area contributed by atoms with Crippen molar-refractivity contribution in [2.75, 3.05) is 0 Å². The van der Waals surface area contributed by atoms with E-state index in [0.29, 0.717) is 0 Å². The van der Waals surface area contributed by atoms with Gasteiger partial charge < -0.3 is 5.11 Å². The lowest BCUT2D eigenvalue weighted by Gasteiger charge is -2.07. The fourth-order valence-corrected chi connectivity index (χ4v) is 1.71. The van der Waals surface area contributed by atoms with Crippen molar-refractivity contribution in [1.29, 1.82) is 0 Å². The number of aliphatic hydroxyl groups excluding tert-OH is 1. The third-order valence-electron chi connectivity index (χ3n) is 1.45. The monoisotopic (exact) mass is 271 g/mol. The molecule has 1 N–H and O–H groups in total. The predicted octanol–water partition coefficient (Wildman–Crippen LogP) is 2.93. The minimum absolute atomic E-state index is 0.0557. The zero-order valence-electron chi connectivity index (χ0n) is 6.27. The Morgan fingerprint density at radius 2 is 2.23 bits per heavy atom. The third-order valence-corrected chi connectivity index (χ3v) is 2.50. The lowest BCUT2D eigenvalue weighted by molar-refractivity contribution is 0.150. The molecular weight excluding hydrogens is 267 g/mol. The normalized spacial score (nSPS) is 10.9. The molecule has 1 rings (SSSR count). The Morgan fingerprint density at radius 3 is 2.69 bits per heavy atom. The fourth-order valence-electron chi connectivity index (χ4n) is 0.831. The minimum Gasteiger partial charge on any atom is -0.390 e. The van der Waals surface area contributed by atoms with Crippen LogP contribution in [0.3, 0.4) is 0 Å². The molecule has 2 nitrogen and oxygen atoms in total. The van der Waals surface area contributed by atoms with Crippen LogP contribution in [0.5, 0.6) is 0 Å². The van der Waals surface area contributed by atoms with E-state index in [2.05, 4.69) is 20.9 Å². The molecule has 0 aliphatic carbocycles. The van der Waals surface area contributed by atoms with Gasteiger partial charge in [0.2, 0.25) is 0 Å². The van der Waals surface area contributed by atoms with Gasteiger partial charge in [0, 0.05) is 10.7 Å². The van der Waals surface area contributed by atoms with Crippen molar-refractivity contribution >= 4 is 27.5 Å². The standard InChI is InChI=1S/C7H5BrClF2NO/c8-3-1-12-4(2-13)6(9)5(3)7(10)11/h1,7,13H,2H2. The van der Waals surface area contributed by atoms with Gasteiger partial charge in [0.1, 0.15) is 0 Å². The van der Waals surface area contributed by atoms with Gasteiger partial charge in [0.15, 0.2) is 0 Å². The van der Waals surface area contributed by atoms with Gasteiger partial charge >= 0.3 is 0 Å². The van der Waals surface area contributed by atoms with Crippen LogP contribution in [0.25, 0.3) is 0 Å². The number of hydrogen-bond donors (Lipinski definition) is 1. The molecule has 0 saturated heterocycles. The average Bonchev–Trinajstić information content (AvgIpc) is 2.04. The van der Waals surface area contributed by atoms with Gasteiger partial charge in [-0.25, -0.2) is 8.78 Å². The summed E-state index contributed by atoms with van der Waals surface area (Å²) in [4.78, 5) is 3.68. The Bertz CT molecular complexity index is 322. The molecule has 1 heterocycles. The van der Waals surface area contributed by atoms with Gasteiger partial charge in [-0.2, -0.15) is 0 Å². The molecule has 13 heavy (non-hydrogen) atoms. The number of aromatic nitrogens is 1. The van der Waals surface area contributed by atoms with Crippen LogP contribution in [0.1, 0.15) is 17.7 Å². The molecular formula is C7H5BrClF2NO. The van der Waals surface area contributed by atoms with E-state index in [0.717, 1.165) is 0 Å². The summed E-state index contributed by atoms with van der Waals surface area (Å²) in [6.45, 7) is -0.453. The van der Waals surface area contributed by atoms with Crippen LogP contribution in [-0.2, 0) is 6.61 Å². The highest BCUT2D eigenvalue weighted by atomic mass is 79.9. The molecule has 0 saturated carbocycles. The molecule has 0 spiro atoms. The molecule has 0 atom stereocenters. The van der Waals surface area contributed by atoms with Gasteiger partial charge in [-0.3, -0.25) is 4.98 Å². The first-order valence-corrected chi connectivity index (χ1v) is 4.46. The van der Waals surface area contributed by atoms with E-state index in [-0.39, 0.29) is 20.8 Å². The molecule has 0 fully saturated rings. The van der Waals surface area contributed by atoms with Crippen molar-refractivity contribution in [1.82, 2.24) is 4.98 Å². The number of hydrogen-bond acceptors (Lipinski definition) is 2. The first-order valence-electron chi connectivity index (χ1n) is 3.29. The van der Waals surface area contributed by atoms with Gasteiger partial charge in [-0.1, -0.05) is 11.6 Å². The van der Waals surface area contributed by atoms with E-state index < -0.39 is 13.0 Å². The number of pyridine rings is 1. The molecule has 0 amide bonds. The largest absolute Gasteiger partial charge is 0.390 e. The molecule has 0 aromatic carbocycles. The van der Waals surface area contributed by atoms with E-state index >= 15 is 0 Å². The van der Waals surface area contributed by atoms with Crippen molar-refractivity contribution in [3.63, 3.8) is 0 Å². The quantitative estimate of drug-likeness (QED) is 0.898. The van der Waals surface area contributed by atoms with Crippen LogP contribution in [0, 0.1) is 0 Å². The Balaban J connectivity index is 3.30. The van der Waals surface area contributed by atoms with Crippen molar-refractivity contribution in [3.05, 3.63) is 26.9 Å². The molecule has 0 bridgehead atoms. The molecule has 6 heteroatoms. The summed E-state index contributed by atoms with van der Waals surface area (Å²) in [5.41, 5.74) is -0.277. The molecule has 0 aliphatic heterocycles. The fraction of sp³-hybridized carbons (Fsp3) is 0.286. The topological polar surface area (TPSA) is 33.1 Å². The zero-order chi connectivity index (χ0) is 10.0. The number of alkyl halides is 2. The van der Waals surface area contributed by atoms with Gasteiger partial charge in [0.05, 0.1) is 22.9 Å². The second-order valence-corrected chi connectivity index (χ2v) is 3.47. The van der Waals surface area contributed by atoms with E-state index in [4.69, 9.17) is 16.7 Å².